The number of hydrogen-bond donors (Lipinski definition) is 1. The zero-order valence-electron chi connectivity index (χ0n) is 11.3. The smallest absolute Gasteiger partial charge is 0.271 e. The number of thiophene rings is 1. The van der Waals surface area contributed by atoms with Crippen molar-refractivity contribution < 1.29 is 4.79 Å². The molecule has 0 radical (unpaired) electrons. The highest BCUT2D eigenvalue weighted by Gasteiger charge is 2.14. The lowest BCUT2D eigenvalue weighted by molar-refractivity contribution is 0.0931. The summed E-state index contributed by atoms with van der Waals surface area (Å²) in [5.41, 5.74) is 1.51. The first-order chi connectivity index (χ1) is 10.2. The van der Waals surface area contributed by atoms with Gasteiger partial charge in [0.1, 0.15) is 23.4 Å². The van der Waals surface area contributed by atoms with Crippen LogP contribution in [0.4, 0.5) is 0 Å². The summed E-state index contributed by atoms with van der Waals surface area (Å²) in [5.74, 6) is -0.166. The maximum absolute atomic E-state index is 12.2. The Morgan fingerprint density at radius 1 is 1.48 bits per heavy atom. The fraction of sp³-hybridized carbons (Fsp3) is 0.231. The van der Waals surface area contributed by atoms with E-state index in [0.717, 1.165) is 10.6 Å². The van der Waals surface area contributed by atoms with Gasteiger partial charge in [0.15, 0.2) is 0 Å². The zero-order chi connectivity index (χ0) is 14.7. The van der Waals surface area contributed by atoms with Crippen LogP contribution in [0.1, 0.15) is 17.4 Å². The molecule has 0 aliphatic carbocycles. The van der Waals surface area contributed by atoms with Crippen molar-refractivity contribution in [2.75, 3.05) is 0 Å². The number of amides is 1. The molecule has 3 rings (SSSR count). The Hall–Kier alpha value is -2.06. The van der Waals surface area contributed by atoms with Crippen LogP contribution >= 0.6 is 22.7 Å². The van der Waals surface area contributed by atoms with Gasteiger partial charge in [0.25, 0.3) is 5.91 Å². The van der Waals surface area contributed by atoms with Gasteiger partial charge < -0.3 is 5.32 Å². The van der Waals surface area contributed by atoms with Crippen molar-refractivity contribution in [1.82, 2.24) is 25.1 Å². The van der Waals surface area contributed by atoms with Crippen molar-refractivity contribution in [2.45, 2.75) is 19.5 Å². The lowest BCUT2D eigenvalue weighted by atomic mass is 10.3. The second kappa shape index (κ2) is 6.15. The molecule has 0 saturated carbocycles. The molecule has 0 aliphatic heterocycles. The molecule has 21 heavy (non-hydrogen) atoms. The quantitative estimate of drug-likeness (QED) is 0.783. The zero-order valence-corrected chi connectivity index (χ0v) is 12.9. The molecular formula is C13H13N5OS2. The molecule has 8 heteroatoms. The van der Waals surface area contributed by atoms with E-state index in [1.165, 1.54) is 17.7 Å². The highest BCUT2D eigenvalue weighted by molar-refractivity contribution is 7.14. The van der Waals surface area contributed by atoms with Gasteiger partial charge in [0, 0.05) is 22.4 Å². The summed E-state index contributed by atoms with van der Waals surface area (Å²) in [5, 5.41) is 13.6. The van der Waals surface area contributed by atoms with Gasteiger partial charge in [-0.2, -0.15) is 16.4 Å². The molecule has 0 spiro atoms. The first kappa shape index (κ1) is 13.9. The second-order valence-electron chi connectivity index (χ2n) is 4.54. The van der Waals surface area contributed by atoms with Crippen LogP contribution in [0.3, 0.4) is 0 Å². The van der Waals surface area contributed by atoms with Gasteiger partial charge in [-0.05, 0) is 18.4 Å². The maximum Gasteiger partial charge on any atom is 0.271 e. The lowest BCUT2D eigenvalue weighted by Gasteiger charge is -2.12. The van der Waals surface area contributed by atoms with Crippen LogP contribution in [0.25, 0.3) is 10.6 Å². The van der Waals surface area contributed by atoms with Gasteiger partial charge in [-0.15, -0.1) is 11.3 Å². The molecule has 3 aromatic heterocycles. The van der Waals surface area contributed by atoms with Gasteiger partial charge in [-0.1, -0.05) is 0 Å². The standard InChI is InChI=1S/C13H13N5OS2/c1-9(4-18-8-14-7-15-18)16-12(19)11-6-21-13(17-11)10-2-3-20-5-10/h2-3,5-9H,4H2,1H3,(H,16,19). The van der Waals surface area contributed by atoms with Crippen molar-refractivity contribution in [3.05, 3.63) is 40.6 Å². The van der Waals surface area contributed by atoms with Gasteiger partial charge in [-0.25, -0.2) is 9.97 Å². The van der Waals surface area contributed by atoms with E-state index in [-0.39, 0.29) is 11.9 Å². The summed E-state index contributed by atoms with van der Waals surface area (Å²) in [6, 6.07) is 1.95. The highest BCUT2D eigenvalue weighted by Crippen LogP contribution is 2.25. The SMILES string of the molecule is CC(Cn1cncn1)NC(=O)c1csc(-c2ccsc2)n1. The van der Waals surface area contributed by atoms with Crippen LogP contribution in [0.5, 0.6) is 0 Å². The fourth-order valence-electron chi connectivity index (χ4n) is 1.85. The Morgan fingerprint density at radius 3 is 3.10 bits per heavy atom. The third-order valence-electron chi connectivity index (χ3n) is 2.81. The minimum atomic E-state index is -0.166. The summed E-state index contributed by atoms with van der Waals surface area (Å²) in [4.78, 5) is 20.4. The molecule has 0 bridgehead atoms. The molecule has 0 aromatic carbocycles. The van der Waals surface area contributed by atoms with E-state index in [0.29, 0.717) is 12.2 Å². The molecule has 0 saturated heterocycles. The number of nitrogens with zero attached hydrogens (tertiary/aromatic N) is 4. The van der Waals surface area contributed by atoms with Crippen LogP contribution in [0, 0.1) is 0 Å². The van der Waals surface area contributed by atoms with Crippen molar-refractivity contribution in [3.8, 4) is 10.6 Å². The molecule has 3 heterocycles. The lowest BCUT2D eigenvalue weighted by Crippen LogP contribution is -2.36. The number of carbonyl (C=O) groups is 1. The Bertz CT molecular complexity index is 705. The number of aromatic nitrogens is 4. The summed E-state index contributed by atoms with van der Waals surface area (Å²) in [7, 11) is 0. The Balaban J connectivity index is 1.63. The molecule has 6 nitrogen and oxygen atoms in total. The van der Waals surface area contributed by atoms with E-state index in [2.05, 4.69) is 20.4 Å². The van der Waals surface area contributed by atoms with E-state index in [4.69, 9.17) is 0 Å². The summed E-state index contributed by atoms with van der Waals surface area (Å²) in [6.07, 6.45) is 3.10. The van der Waals surface area contributed by atoms with Crippen molar-refractivity contribution in [1.29, 1.82) is 0 Å². The third kappa shape index (κ3) is 3.34. The number of thiazole rings is 1. The van der Waals surface area contributed by atoms with E-state index in [9.17, 15) is 4.79 Å². The average Bonchev–Trinajstić information content (AvgIpc) is 3.20. The summed E-state index contributed by atoms with van der Waals surface area (Å²) in [6.45, 7) is 2.50. The summed E-state index contributed by atoms with van der Waals surface area (Å²) < 4.78 is 1.68. The fourth-order valence-corrected chi connectivity index (χ4v) is 3.36. The molecule has 1 unspecified atom stereocenters. The normalized spacial score (nSPS) is 12.2. The van der Waals surface area contributed by atoms with E-state index in [1.54, 1.807) is 27.7 Å². The Kier molecular flexibility index (Phi) is 4.07. The predicted molar refractivity (Wildman–Crippen MR) is 82.4 cm³/mol. The van der Waals surface area contributed by atoms with Gasteiger partial charge in [0.05, 0.1) is 6.54 Å². The monoisotopic (exact) mass is 319 g/mol. The van der Waals surface area contributed by atoms with Crippen LogP contribution in [-0.4, -0.2) is 31.7 Å². The largest absolute Gasteiger partial charge is 0.346 e. The van der Waals surface area contributed by atoms with E-state index >= 15 is 0 Å². The molecule has 0 fully saturated rings. The van der Waals surface area contributed by atoms with Crippen LogP contribution in [-0.2, 0) is 6.54 Å². The van der Waals surface area contributed by atoms with Gasteiger partial charge in [-0.3, -0.25) is 9.48 Å². The molecule has 1 atom stereocenters. The van der Waals surface area contributed by atoms with Gasteiger partial charge >= 0.3 is 0 Å². The maximum atomic E-state index is 12.2. The first-order valence-electron chi connectivity index (χ1n) is 6.34. The molecular weight excluding hydrogens is 306 g/mol. The summed E-state index contributed by atoms with van der Waals surface area (Å²) >= 11 is 3.09. The third-order valence-corrected chi connectivity index (χ3v) is 4.38. The minimum Gasteiger partial charge on any atom is -0.346 e. The number of carbonyl (C=O) groups excluding carboxylic acids is 1. The van der Waals surface area contributed by atoms with Crippen molar-refractivity contribution in [2.24, 2.45) is 0 Å². The second-order valence-corrected chi connectivity index (χ2v) is 6.18. The molecule has 0 aliphatic rings. The number of nitrogens with one attached hydrogen (secondary N) is 1. The Morgan fingerprint density at radius 2 is 2.38 bits per heavy atom. The highest BCUT2D eigenvalue weighted by atomic mass is 32.1. The van der Waals surface area contributed by atoms with Gasteiger partial charge in [0.2, 0.25) is 0 Å². The molecule has 1 amide bonds. The molecule has 3 aromatic rings. The van der Waals surface area contributed by atoms with Crippen LogP contribution in [0.15, 0.2) is 34.9 Å². The topological polar surface area (TPSA) is 72.7 Å². The molecule has 1 N–H and O–H groups in total. The van der Waals surface area contributed by atoms with E-state index < -0.39 is 0 Å². The van der Waals surface area contributed by atoms with Crippen molar-refractivity contribution in [3.63, 3.8) is 0 Å². The number of hydrogen-bond acceptors (Lipinski definition) is 6. The average molecular weight is 319 g/mol. The van der Waals surface area contributed by atoms with Crippen molar-refractivity contribution >= 4 is 28.6 Å². The van der Waals surface area contributed by atoms with Crippen LogP contribution in [0.2, 0.25) is 0 Å². The molecule has 108 valence electrons. The predicted octanol–water partition coefficient (Wildman–Crippen LogP) is 2.28. The van der Waals surface area contributed by atoms with Crippen LogP contribution < -0.4 is 5.32 Å². The number of rotatable bonds is 5. The first-order valence-corrected chi connectivity index (χ1v) is 8.16. The Labute approximate surface area is 129 Å². The minimum absolute atomic E-state index is 0.0505. The van der Waals surface area contributed by atoms with E-state index in [1.807, 2.05) is 23.8 Å².